The highest BCUT2D eigenvalue weighted by Gasteiger charge is 2.27. The molecule has 18 heavy (non-hydrogen) atoms. The fourth-order valence-electron chi connectivity index (χ4n) is 2.35. The highest BCUT2D eigenvalue weighted by Crippen LogP contribution is 2.24. The summed E-state index contributed by atoms with van der Waals surface area (Å²) in [4.78, 5) is 7.94. The Morgan fingerprint density at radius 3 is 3.11 bits per heavy atom. The molecule has 0 radical (unpaired) electrons. The van der Waals surface area contributed by atoms with E-state index in [-0.39, 0.29) is 6.04 Å². The van der Waals surface area contributed by atoms with E-state index in [1.807, 2.05) is 17.5 Å². The summed E-state index contributed by atoms with van der Waals surface area (Å²) in [5.74, 6) is 1.28. The Morgan fingerprint density at radius 1 is 1.56 bits per heavy atom. The van der Waals surface area contributed by atoms with Crippen molar-refractivity contribution in [2.24, 2.45) is 11.7 Å². The van der Waals surface area contributed by atoms with Gasteiger partial charge in [0, 0.05) is 25.7 Å². The lowest BCUT2D eigenvalue weighted by Gasteiger charge is -2.12. The number of hydrogen-bond acceptors (Lipinski definition) is 5. The maximum Gasteiger partial charge on any atom is 0.236 e. The van der Waals surface area contributed by atoms with Gasteiger partial charge in [-0.25, -0.2) is 4.98 Å². The Kier molecular flexibility index (Phi) is 3.20. The third kappa shape index (κ3) is 2.34. The van der Waals surface area contributed by atoms with Crippen LogP contribution in [-0.2, 0) is 6.54 Å². The summed E-state index contributed by atoms with van der Waals surface area (Å²) in [7, 11) is 0. The van der Waals surface area contributed by atoms with Crippen LogP contribution in [0.1, 0.15) is 12.6 Å². The number of likely N-dealkylation sites (tertiary alicyclic amines) is 1. The molecule has 96 valence electrons. The molecule has 1 fully saturated rings. The first-order valence-corrected chi connectivity index (χ1v) is 7.06. The first kappa shape index (κ1) is 11.9. The third-order valence-electron chi connectivity index (χ3n) is 3.42. The predicted molar refractivity (Wildman–Crippen MR) is 72.2 cm³/mol. The molecule has 2 aromatic heterocycles. The Labute approximate surface area is 110 Å². The molecule has 0 bridgehead atoms. The average Bonchev–Trinajstić information content (AvgIpc) is 3.02. The summed E-state index contributed by atoms with van der Waals surface area (Å²) in [5.41, 5.74) is 7.01. The largest absolute Gasteiger partial charge is 0.444 e. The molecule has 2 atom stereocenters. The van der Waals surface area contributed by atoms with Crippen LogP contribution >= 0.6 is 11.3 Å². The number of aromatic nitrogens is 1. The van der Waals surface area contributed by atoms with E-state index >= 15 is 0 Å². The van der Waals surface area contributed by atoms with Gasteiger partial charge in [-0.15, -0.1) is 11.3 Å². The molecule has 1 aliphatic rings. The van der Waals surface area contributed by atoms with Gasteiger partial charge < -0.3 is 10.2 Å². The molecule has 1 aliphatic heterocycles. The Hall–Kier alpha value is -1.17. The minimum Gasteiger partial charge on any atom is -0.444 e. The van der Waals surface area contributed by atoms with Crippen LogP contribution in [0.25, 0.3) is 10.8 Å². The van der Waals surface area contributed by atoms with Crippen molar-refractivity contribution in [2.75, 3.05) is 13.1 Å². The zero-order valence-corrected chi connectivity index (χ0v) is 11.2. The molecule has 1 saturated heterocycles. The van der Waals surface area contributed by atoms with E-state index in [0.717, 1.165) is 36.1 Å². The Balaban J connectivity index is 1.68. The molecule has 0 amide bonds. The van der Waals surface area contributed by atoms with Crippen LogP contribution in [0.4, 0.5) is 0 Å². The van der Waals surface area contributed by atoms with Crippen LogP contribution in [0.5, 0.6) is 0 Å². The number of oxazole rings is 1. The van der Waals surface area contributed by atoms with Gasteiger partial charge >= 0.3 is 0 Å². The SMILES string of the molecule is CC1CN(Cc2coc(-c3cccs3)n2)CC1N. The lowest BCUT2D eigenvalue weighted by atomic mass is 10.1. The van der Waals surface area contributed by atoms with Gasteiger partial charge in [-0.3, -0.25) is 4.90 Å². The number of rotatable bonds is 3. The summed E-state index contributed by atoms with van der Waals surface area (Å²) < 4.78 is 5.51. The van der Waals surface area contributed by atoms with Crippen LogP contribution in [-0.4, -0.2) is 29.0 Å². The van der Waals surface area contributed by atoms with Crippen LogP contribution < -0.4 is 5.73 Å². The first-order valence-electron chi connectivity index (χ1n) is 6.18. The smallest absolute Gasteiger partial charge is 0.236 e. The summed E-state index contributed by atoms with van der Waals surface area (Å²) in [5, 5.41) is 2.03. The molecule has 2 aromatic rings. The van der Waals surface area contributed by atoms with Gasteiger partial charge in [0.05, 0.1) is 10.6 Å². The number of hydrogen-bond donors (Lipinski definition) is 1. The van der Waals surface area contributed by atoms with E-state index in [2.05, 4.69) is 16.8 Å². The predicted octanol–water partition coefficient (Wildman–Crippen LogP) is 2.18. The van der Waals surface area contributed by atoms with Gasteiger partial charge in [-0.1, -0.05) is 13.0 Å². The molecule has 2 unspecified atom stereocenters. The quantitative estimate of drug-likeness (QED) is 0.922. The molecule has 2 N–H and O–H groups in total. The summed E-state index contributed by atoms with van der Waals surface area (Å²) in [6.07, 6.45) is 1.75. The molecule has 0 aromatic carbocycles. The van der Waals surface area contributed by atoms with E-state index in [4.69, 9.17) is 10.2 Å². The van der Waals surface area contributed by atoms with Crippen molar-refractivity contribution in [3.63, 3.8) is 0 Å². The van der Waals surface area contributed by atoms with E-state index in [1.165, 1.54) is 0 Å². The van der Waals surface area contributed by atoms with E-state index in [9.17, 15) is 0 Å². The third-order valence-corrected chi connectivity index (χ3v) is 4.27. The molecule has 0 saturated carbocycles. The maximum atomic E-state index is 6.02. The monoisotopic (exact) mass is 263 g/mol. The van der Waals surface area contributed by atoms with Crippen molar-refractivity contribution in [1.29, 1.82) is 0 Å². The summed E-state index contributed by atoms with van der Waals surface area (Å²) >= 11 is 1.64. The van der Waals surface area contributed by atoms with Crippen molar-refractivity contribution in [3.8, 4) is 10.8 Å². The standard InChI is InChI=1S/C13H17N3OS/c1-9-5-16(7-11(9)14)6-10-8-17-13(15-10)12-3-2-4-18-12/h2-4,8-9,11H,5-7,14H2,1H3. The minimum absolute atomic E-state index is 0.286. The fourth-order valence-corrected chi connectivity index (χ4v) is 3.00. The van der Waals surface area contributed by atoms with Crippen LogP contribution in [0.3, 0.4) is 0 Å². The Morgan fingerprint density at radius 2 is 2.44 bits per heavy atom. The normalized spacial score (nSPS) is 24.8. The molecule has 0 aliphatic carbocycles. The zero-order valence-electron chi connectivity index (χ0n) is 10.4. The van der Waals surface area contributed by atoms with Crippen molar-refractivity contribution >= 4 is 11.3 Å². The van der Waals surface area contributed by atoms with Crippen molar-refractivity contribution in [3.05, 3.63) is 29.5 Å². The fraction of sp³-hybridized carbons (Fsp3) is 0.462. The van der Waals surface area contributed by atoms with Gasteiger partial charge in [0.15, 0.2) is 0 Å². The minimum atomic E-state index is 0.286. The lowest BCUT2D eigenvalue weighted by Crippen LogP contribution is -2.28. The number of nitrogens with zero attached hydrogens (tertiary/aromatic N) is 2. The van der Waals surface area contributed by atoms with E-state index in [0.29, 0.717) is 5.92 Å². The average molecular weight is 263 g/mol. The maximum absolute atomic E-state index is 6.02. The van der Waals surface area contributed by atoms with Gasteiger partial charge in [0.2, 0.25) is 5.89 Å². The summed E-state index contributed by atoms with van der Waals surface area (Å²) in [6.45, 7) is 5.02. The second kappa shape index (κ2) is 4.84. The summed E-state index contributed by atoms with van der Waals surface area (Å²) in [6, 6.07) is 4.31. The molecule has 0 spiro atoms. The molecular weight excluding hydrogens is 246 g/mol. The van der Waals surface area contributed by atoms with Gasteiger partial charge in [-0.05, 0) is 17.4 Å². The number of nitrogens with two attached hydrogens (primary N) is 1. The molecular formula is C13H17N3OS. The van der Waals surface area contributed by atoms with Crippen molar-refractivity contribution in [2.45, 2.75) is 19.5 Å². The second-order valence-corrected chi connectivity index (χ2v) is 5.90. The van der Waals surface area contributed by atoms with Gasteiger partial charge in [0.25, 0.3) is 0 Å². The van der Waals surface area contributed by atoms with Crippen LogP contribution in [0, 0.1) is 5.92 Å². The number of thiophene rings is 1. The van der Waals surface area contributed by atoms with Crippen molar-refractivity contribution in [1.82, 2.24) is 9.88 Å². The van der Waals surface area contributed by atoms with Crippen LogP contribution in [0.2, 0.25) is 0 Å². The highest BCUT2D eigenvalue weighted by molar-refractivity contribution is 7.13. The molecule has 5 heteroatoms. The highest BCUT2D eigenvalue weighted by atomic mass is 32.1. The van der Waals surface area contributed by atoms with Crippen LogP contribution in [0.15, 0.2) is 28.2 Å². The Bertz CT molecular complexity index is 498. The molecule has 4 nitrogen and oxygen atoms in total. The molecule has 3 rings (SSSR count). The van der Waals surface area contributed by atoms with E-state index < -0.39 is 0 Å². The second-order valence-electron chi connectivity index (χ2n) is 4.96. The topological polar surface area (TPSA) is 55.3 Å². The lowest BCUT2D eigenvalue weighted by molar-refractivity contribution is 0.314. The van der Waals surface area contributed by atoms with E-state index in [1.54, 1.807) is 17.6 Å². The molecule has 3 heterocycles. The van der Waals surface area contributed by atoms with Crippen molar-refractivity contribution < 1.29 is 4.42 Å². The first-order chi connectivity index (χ1) is 8.72. The van der Waals surface area contributed by atoms with Gasteiger partial charge in [0.1, 0.15) is 6.26 Å². The zero-order chi connectivity index (χ0) is 12.5. The van der Waals surface area contributed by atoms with Gasteiger partial charge in [-0.2, -0.15) is 0 Å².